The van der Waals surface area contributed by atoms with Crippen molar-refractivity contribution in [2.75, 3.05) is 26.2 Å². The lowest BCUT2D eigenvalue weighted by Crippen LogP contribution is -2.56. The molecule has 1 aromatic rings. The summed E-state index contributed by atoms with van der Waals surface area (Å²) < 4.78 is 41.5. The van der Waals surface area contributed by atoms with Crippen molar-refractivity contribution in [1.82, 2.24) is 20.9 Å². The molecule has 3 rings (SSSR count). The molecule has 0 spiro atoms. The minimum atomic E-state index is -1.65. The summed E-state index contributed by atoms with van der Waals surface area (Å²) in [6.45, 7) is 1.33. The Morgan fingerprint density at radius 2 is 1.69 bits per heavy atom. The number of halogens is 3. The Labute approximate surface area is 182 Å². The predicted octanol–water partition coefficient (Wildman–Crippen LogP) is 0.396. The molecule has 8 nitrogen and oxygen atoms in total. The van der Waals surface area contributed by atoms with Gasteiger partial charge in [-0.1, -0.05) is 6.07 Å². The zero-order valence-electron chi connectivity index (χ0n) is 17.6. The Bertz CT molecular complexity index is 942. The summed E-state index contributed by atoms with van der Waals surface area (Å²) in [5.74, 6) is -6.55. The molecule has 4 amide bonds. The van der Waals surface area contributed by atoms with E-state index in [0.717, 1.165) is 12.1 Å². The van der Waals surface area contributed by atoms with Crippen LogP contribution in [0.4, 0.5) is 13.2 Å². The molecule has 0 aliphatic carbocycles. The zero-order valence-corrected chi connectivity index (χ0v) is 17.6. The maximum Gasteiger partial charge on any atom is 0.239 e. The minimum Gasteiger partial charge on any atom is -0.350 e. The van der Waals surface area contributed by atoms with Crippen LogP contribution in [0.15, 0.2) is 12.1 Å². The van der Waals surface area contributed by atoms with Gasteiger partial charge in [0, 0.05) is 25.6 Å². The van der Waals surface area contributed by atoms with E-state index in [4.69, 9.17) is 0 Å². The number of amides is 4. The summed E-state index contributed by atoms with van der Waals surface area (Å²) in [6.07, 6.45) is 0.455. The Morgan fingerprint density at radius 3 is 2.44 bits per heavy atom. The fourth-order valence-corrected chi connectivity index (χ4v) is 4.11. The number of nitrogens with one attached hydrogen (secondary N) is 3. The van der Waals surface area contributed by atoms with Gasteiger partial charge in [-0.05, 0) is 37.8 Å². The molecule has 0 saturated carbocycles. The topological polar surface area (TPSA) is 108 Å². The van der Waals surface area contributed by atoms with Gasteiger partial charge in [-0.2, -0.15) is 0 Å². The number of nitrogens with zero attached hydrogens (tertiary/aromatic N) is 1. The first-order valence-corrected chi connectivity index (χ1v) is 10.3. The van der Waals surface area contributed by atoms with E-state index in [0.29, 0.717) is 19.4 Å². The second-order valence-electron chi connectivity index (χ2n) is 8.46. The zero-order chi connectivity index (χ0) is 23.5. The molecule has 2 aliphatic heterocycles. The highest BCUT2D eigenvalue weighted by atomic mass is 19.2. The number of hydrogen-bond acceptors (Lipinski definition) is 4. The van der Waals surface area contributed by atoms with Gasteiger partial charge in [0.1, 0.15) is 0 Å². The molecule has 32 heavy (non-hydrogen) atoms. The molecule has 2 saturated heterocycles. The lowest BCUT2D eigenvalue weighted by molar-refractivity contribution is -0.146. The van der Waals surface area contributed by atoms with Crippen molar-refractivity contribution in [3.63, 3.8) is 0 Å². The molecule has 2 atom stereocenters. The van der Waals surface area contributed by atoms with Gasteiger partial charge < -0.3 is 20.9 Å². The van der Waals surface area contributed by atoms with Crippen molar-refractivity contribution >= 4 is 23.6 Å². The summed E-state index contributed by atoms with van der Waals surface area (Å²) >= 11 is 0. The van der Waals surface area contributed by atoms with Crippen molar-refractivity contribution in [3.05, 3.63) is 35.1 Å². The molecule has 2 heterocycles. The van der Waals surface area contributed by atoms with Crippen molar-refractivity contribution in [2.24, 2.45) is 5.41 Å². The van der Waals surface area contributed by atoms with Gasteiger partial charge in [0.2, 0.25) is 23.6 Å². The Kier molecular flexibility index (Phi) is 7.05. The molecule has 3 N–H and O–H groups in total. The van der Waals surface area contributed by atoms with E-state index in [1.54, 1.807) is 0 Å². The maximum atomic E-state index is 14.4. The third-order valence-corrected chi connectivity index (χ3v) is 5.73. The summed E-state index contributed by atoms with van der Waals surface area (Å²) in [4.78, 5) is 51.5. The van der Waals surface area contributed by atoms with Crippen molar-refractivity contribution in [3.8, 4) is 0 Å². The van der Waals surface area contributed by atoms with Crippen LogP contribution in [0.5, 0.6) is 0 Å². The second-order valence-corrected chi connectivity index (χ2v) is 8.46. The lowest BCUT2D eigenvalue weighted by Gasteiger charge is -2.39. The minimum absolute atomic E-state index is 0.177. The molecule has 2 fully saturated rings. The van der Waals surface area contributed by atoms with Gasteiger partial charge in [0.05, 0.1) is 18.5 Å². The van der Waals surface area contributed by atoms with Gasteiger partial charge in [0.15, 0.2) is 17.5 Å². The third-order valence-electron chi connectivity index (χ3n) is 5.73. The molecule has 2 aliphatic rings. The van der Waals surface area contributed by atoms with Crippen LogP contribution in [0, 0.1) is 22.9 Å². The normalized spacial score (nSPS) is 25.5. The lowest BCUT2D eigenvalue weighted by atomic mass is 9.78. The average Bonchev–Trinajstić information content (AvgIpc) is 2.76. The molecule has 174 valence electrons. The average molecular weight is 454 g/mol. The maximum absolute atomic E-state index is 14.4. The van der Waals surface area contributed by atoms with E-state index in [1.807, 2.05) is 0 Å². The first kappa shape index (κ1) is 23.6. The van der Waals surface area contributed by atoms with Crippen molar-refractivity contribution in [1.29, 1.82) is 0 Å². The molecule has 11 heteroatoms. The van der Waals surface area contributed by atoms with Gasteiger partial charge in [-0.25, -0.2) is 13.2 Å². The molecule has 0 radical (unpaired) electrons. The summed E-state index contributed by atoms with van der Waals surface area (Å²) in [7, 11) is 0. The predicted molar refractivity (Wildman–Crippen MR) is 107 cm³/mol. The number of hydrogen-bond donors (Lipinski definition) is 3. The van der Waals surface area contributed by atoms with Gasteiger partial charge >= 0.3 is 0 Å². The van der Waals surface area contributed by atoms with E-state index in [9.17, 15) is 32.3 Å². The van der Waals surface area contributed by atoms with E-state index >= 15 is 0 Å². The van der Waals surface area contributed by atoms with Gasteiger partial charge in [-0.15, -0.1) is 0 Å². The SMILES string of the molecule is CC1(Cc2ccc(F)c(F)c2F)CC(=O)NCC(=O)NCC(=O)NC2CCCN(C2)C1=O. The highest BCUT2D eigenvalue weighted by molar-refractivity contribution is 5.92. The van der Waals surface area contributed by atoms with Crippen LogP contribution in [0.3, 0.4) is 0 Å². The molecule has 2 unspecified atom stereocenters. The summed E-state index contributed by atoms with van der Waals surface area (Å²) in [5.41, 5.74) is -1.74. The number of rotatable bonds is 2. The Balaban J connectivity index is 1.93. The number of benzene rings is 1. The van der Waals surface area contributed by atoms with Crippen LogP contribution in [0.25, 0.3) is 0 Å². The second kappa shape index (κ2) is 9.58. The van der Waals surface area contributed by atoms with E-state index in [1.165, 1.54) is 11.8 Å². The smallest absolute Gasteiger partial charge is 0.239 e. The number of fused-ring (bicyclic) bond motifs is 2. The van der Waals surface area contributed by atoms with Crippen LogP contribution in [-0.2, 0) is 25.6 Å². The van der Waals surface area contributed by atoms with Gasteiger partial charge in [-0.3, -0.25) is 19.2 Å². The molecule has 1 aromatic carbocycles. The van der Waals surface area contributed by atoms with Crippen LogP contribution >= 0.6 is 0 Å². The van der Waals surface area contributed by atoms with Crippen LogP contribution < -0.4 is 16.0 Å². The highest BCUT2D eigenvalue weighted by Crippen LogP contribution is 2.32. The molecule has 0 aromatic heterocycles. The van der Waals surface area contributed by atoms with Crippen LogP contribution in [-0.4, -0.2) is 60.7 Å². The Morgan fingerprint density at radius 1 is 1.00 bits per heavy atom. The van der Waals surface area contributed by atoms with E-state index in [-0.39, 0.29) is 31.1 Å². The molecular weight excluding hydrogens is 429 g/mol. The molecule has 2 bridgehead atoms. The standard InChI is InChI=1S/C21H25F3N4O4/c1-21(7-12-4-5-14(22)19(24)18(12)23)8-15(29)25-9-16(30)26-10-17(31)27-13-3-2-6-28(11-13)20(21)32/h4-5,13H,2-3,6-11H2,1H3,(H,25,29)(H,26,30)(H,27,31). The monoisotopic (exact) mass is 454 g/mol. The van der Waals surface area contributed by atoms with E-state index < -0.39 is 59.5 Å². The first-order valence-electron chi connectivity index (χ1n) is 10.3. The van der Waals surface area contributed by atoms with Crippen molar-refractivity contribution < 1.29 is 32.3 Å². The van der Waals surface area contributed by atoms with Crippen LogP contribution in [0.2, 0.25) is 0 Å². The number of carbonyl (C=O) groups is 4. The largest absolute Gasteiger partial charge is 0.350 e. The quantitative estimate of drug-likeness (QED) is 0.562. The fourth-order valence-electron chi connectivity index (χ4n) is 4.11. The van der Waals surface area contributed by atoms with E-state index in [2.05, 4.69) is 16.0 Å². The highest BCUT2D eigenvalue weighted by Gasteiger charge is 2.41. The van der Waals surface area contributed by atoms with Gasteiger partial charge in [0.25, 0.3) is 0 Å². The summed E-state index contributed by atoms with van der Waals surface area (Å²) in [6, 6.07) is 1.46. The number of carbonyl (C=O) groups excluding carboxylic acids is 4. The summed E-state index contributed by atoms with van der Waals surface area (Å²) in [5, 5.41) is 7.53. The van der Waals surface area contributed by atoms with Crippen LogP contribution in [0.1, 0.15) is 31.7 Å². The number of piperidine rings is 1. The fraction of sp³-hybridized carbons (Fsp3) is 0.524. The first-order chi connectivity index (χ1) is 15.1. The molecular formula is C21H25F3N4O4. The van der Waals surface area contributed by atoms with Crippen molar-refractivity contribution in [2.45, 2.75) is 38.6 Å². The third kappa shape index (κ3) is 5.38. The Hall–Kier alpha value is -3.11.